The van der Waals surface area contributed by atoms with Gasteiger partial charge in [-0.25, -0.2) is 18.9 Å². The number of aliphatic carboxylic acids is 1. The summed E-state index contributed by atoms with van der Waals surface area (Å²) in [4.78, 5) is 37.5. The first-order chi connectivity index (χ1) is 13.1. The molecule has 1 aromatic carbocycles. The number of hydrogen-bond acceptors (Lipinski definition) is 5. The fraction of sp³-hybridized carbons (Fsp3) is 0.450. The van der Waals surface area contributed by atoms with E-state index in [-0.39, 0.29) is 12.0 Å². The summed E-state index contributed by atoms with van der Waals surface area (Å²) in [5, 5.41) is 9.55. The molecule has 3 N–H and O–H groups in total. The summed E-state index contributed by atoms with van der Waals surface area (Å²) in [6.45, 7) is 5.17. The van der Waals surface area contributed by atoms with Crippen LogP contribution < -0.4 is 5.73 Å². The van der Waals surface area contributed by atoms with Crippen molar-refractivity contribution in [3.05, 3.63) is 41.7 Å². The third-order valence-corrected chi connectivity index (χ3v) is 3.67. The zero-order valence-corrected chi connectivity index (χ0v) is 16.4. The highest BCUT2D eigenvalue weighted by molar-refractivity contribution is 6.03. The predicted molar refractivity (Wildman–Crippen MR) is 103 cm³/mol. The Morgan fingerprint density at radius 1 is 1.25 bits per heavy atom. The van der Waals surface area contributed by atoms with Gasteiger partial charge in [-0.05, 0) is 58.7 Å². The largest absolute Gasteiger partial charge is 0.480 e. The Labute approximate surface area is 164 Å². The number of carbonyl (C=O) groups is 3. The zero-order valence-electron chi connectivity index (χ0n) is 16.4. The number of unbranched alkanes of at least 4 members (excludes halogenated alkanes) is 1. The van der Waals surface area contributed by atoms with Gasteiger partial charge in [-0.1, -0.05) is 18.2 Å². The fourth-order valence-electron chi connectivity index (χ4n) is 2.38. The van der Waals surface area contributed by atoms with E-state index < -0.39 is 35.4 Å². The van der Waals surface area contributed by atoms with Crippen molar-refractivity contribution < 1.29 is 28.6 Å². The van der Waals surface area contributed by atoms with E-state index in [9.17, 15) is 23.9 Å². The van der Waals surface area contributed by atoms with Crippen LogP contribution in [0.4, 0.5) is 9.18 Å². The first-order valence-corrected chi connectivity index (χ1v) is 8.98. The number of hydrogen-bond donors (Lipinski definition) is 2. The lowest BCUT2D eigenvalue weighted by atomic mass is 10.1. The molecule has 0 fully saturated rings. The van der Waals surface area contributed by atoms with Gasteiger partial charge in [0.25, 0.3) is 5.91 Å². The van der Waals surface area contributed by atoms with Gasteiger partial charge in [-0.15, -0.1) is 0 Å². The van der Waals surface area contributed by atoms with E-state index in [0.717, 1.165) is 6.08 Å². The van der Waals surface area contributed by atoms with Gasteiger partial charge in [0.2, 0.25) is 0 Å². The van der Waals surface area contributed by atoms with Gasteiger partial charge in [0.15, 0.2) is 0 Å². The van der Waals surface area contributed by atoms with Gasteiger partial charge in [0, 0.05) is 11.6 Å². The van der Waals surface area contributed by atoms with Crippen molar-refractivity contribution in [2.75, 3.05) is 6.54 Å². The van der Waals surface area contributed by atoms with Crippen molar-refractivity contribution in [2.24, 2.45) is 5.73 Å². The average Bonchev–Trinajstić information content (AvgIpc) is 2.58. The molecule has 0 bridgehead atoms. The van der Waals surface area contributed by atoms with Gasteiger partial charge >= 0.3 is 12.1 Å². The first-order valence-electron chi connectivity index (χ1n) is 8.98. The van der Waals surface area contributed by atoms with Crippen LogP contribution in [0.5, 0.6) is 0 Å². The monoisotopic (exact) mass is 394 g/mol. The van der Waals surface area contributed by atoms with Gasteiger partial charge < -0.3 is 15.6 Å². The summed E-state index contributed by atoms with van der Waals surface area (Å²) in [7, 11) is 0. The highest BCUT2D eigenvalue weighted by Gasteiger charge is 2.36. The molecular formula is C20H27FN2O5. The maximum atomic E-state index is 13.7. The van der Waals surface area contributed by atoms with Crippen molar-refractivity contribution in [2.45, 2.75) is 51.7 Å². The van der Waals surface area contributed by atoms with Gasteiger partial charge in [-0.2, -0.15) is 0 Å². The van der Waals surface area contributed by atoms with E-state index in [1.165, 1.54) is 24.3 Å². The van der Waals surface area contributed by atoms with Crippen LogP contribution in [0.15, 0.2) is 30.3 Å². The highest BCUT2D eigenvalue weighted by Crippen LogP contribution is 2.17. The van der Waals surface area contributed by atoms with Crippen LogP contribution in [0, 0.1) is 5.82 Å². The van der Waals surface area contributed by atoms with E-state index in [2.05, 4.69) is 0 Å². The summed E-state index contributed by atoms with van der Waals surface area (Å²) < 4.78 is 18.9. The second-order valence-corrected chi connectivity index (χ2v) is 7.18. The molecule has 0 saturated carbocycles. The van der Waals surface area contributed by atoms with Crippen LogP contribution >= 0.6 is 0 Å². The Morgan fingerprint density at radius 2 is 1.89 bits per heavy atom. The Morgan fingerprint density at radius 3 is 2.43 bits per heavy atom. The molecule has 8 heteroatoms. The number of imide groups is 1. The molecule has 0 aliphatic carbocycles. The number of carboxylic acid groups (broad SMARTS) is 1. The third-order valence-electron chi connectivity index (χ3n) is 3.67. The molecule has 1 aromatic rings. The number of carboxylic acids is 1. The molecule has 0 aliphatic rings. The molecule has 28 heavy (non-hydrogen) atoms. The van der Waals surface area contributed by atoms with E-state index in [1.54, 1.807) is 26.8 Å². The molecule has 0 unspecified atom stereocenters. The number of ether oxygens (including phenoxy) is 1. The predicted octanol–water partition coefficient (Wildman–Crippen LogP) is 3.18. The maximum Gasteiger partial charge on any atom is 0.418 e. The van der Waals surface area contributed by atoms with Crippen LogP contribution in [0.1, 0.15) is 45.6 Å². The summed E-state index contributed by atoms with van der Waals surface area (Å²) >= 11 is 0. The lowest BCUT2D eigenvalue weighted by Crippen LogP contribution is -2.50. The first kappa shape index (κ1) is 23.3. The second-order valence-electron chi connectivity index (χ2n) is 7.18. The molecule has 0 saturated heterocycles. The number of halogens is 1. The molecule has 7 nitrogen and oxygen atoms in total. The van der Waals surface area contributed by atoms with Gasteiger partial charge in [0.05, 0.1) is 0 Å². The molecule has 0 heterocycles. The lowest BCUT2D eigenvalue weighted by Gasteiger charge is -2.29. The van der Waals surface area contributed by atoms with E-state index in [1.807, 2.05) is 0 Å². The maximum absolute atomic E-state index is 13.7. The summed E-state index contributed by atoms with van der Waals surface area (Å²) in [6, 6.07) is 4.35. The topological polar surface area (TPSA) is 110 Å². The minimum atomic E-state index is -1.42. The van der Waals surface area contributed by atoms with Crippen LogP contribution in [-0.4, -0.2) is 46.2 Å². The number of nitrogens with zero attached hydrogens (tertiary/aromatic N) is 1. The molecular weight excluding hydrogens is 367 g/mol. The summed E-state index contributed by atoms with van der Waals surface area (Å²) in [5.41, 5.74) is 4.64. The number of rotatable bonds is 8. The minimum Gasteiger partial charge on any atom is -0.480 e. The molecule has 1 atom stereocenters. The SMILES string of the molecule is CC(C)(C)OC(=O)N(C(=O)C=Cc1ccccc1F)[C@@H](CCCCN)C(=O)O. The molecule has 2 amide bonds. The quantitative estimate of drug-likeness (QED) is 0.518. The molecule has 0 radical (unpaired) electrons. The number of benzene rings is 1. The average molecular weight is 394 g/mol. The van der Waals surface area contributed by atoms with E-state index in [0.29, 0.717) is 24.3 Å². The zero-order chi connectivity index (χ0) is 21.3. The summed E-state index contributed by atoms with van der Waals surface area (Å²) in [6.07, 6.45) is 2.07. The van der Waals surface area contributed by atoms with Crippen molar-refractivity contribution in [1.29, 1.82) is 0 Å². The highest BCUT2D eigenvalue weighted by atomic mass is 19.1. The third kappa shape index (κ3) is 7.48. The van der Waals surface area contributed by atoms with E-state index >= 15 is 0 Å². The summed E-state index contributed by atoms with van der Waals surface area (Å²) in [5.74, 6) is -2.79. The van der Waals surface area contributed by atoms with Crippen molar-refractivity contribution in [1.82, 2.24) is 4.90 Å². The van der Waals surface area contributed by atoms with Crippen LogP contribution in [0.3, 0.4) is 0 Å². The van der Waals surface area contributed by atoms with Crippen LogP contribution in [0.2, 0.25) is 0 Å². The molecule has 0 spiro atoms. The number of amides is 2. The Kier molecular flexibility index (Phi) is 8.78. The van der Waals surface area contributed by atoms with Gasteiger partial charge in [-0.3, -0.25) is 4.79 Å². The molecule has 1 rings (SSSR count). The Balaban J connectivity index is 3.16. The van der Waals surface area contributed by atoms with Crippen molar-refractivity contribution in [3.63, 3.8) is 0 Å². The fourth-order valence-corrected chi connectivity index (χ4v) is 2.38. The van der Waals surface area contributed by atoms with Crippen LogP contribution in [0.25, 0.3) is 6.08 Å². The van der Waals surface area contributed by atoms with E-state index in [4.69, 9.17) is 10.5 Å². The second kappa shape index (κ2) is 10.6. The number of carbonyl (C=O) groups excluding carboxylic acids is 2. The minimum absolute atomic E-state index is 0.0328. The molecule has 0 aromatic heterocycles. The Bertz CT molecular complexity index is 728. The van der Waals surface area contributed by atoms with Crippen molar-refractivity contribution in [3.8, 4) is 0 Å². The Hall–Kier alpha value is -2.74. The van der Waals surface area contributed by atoms with Crippen LogP contribution in [-0.2, 0) is 14.3 Å². The number of nitrogens with two attached hydrogens (primary N) is 1. The molecule has 154 valence electrons. The normalized spacial score (nSPS) is 12.6. The lowest BCUT2D eigenvalue weighted by molar-refractivity contribution is -0.148. The van der Waals surface area contributed by atoms with Gasteiger partial charge in [0.1, 0.15) is 17.5 Å². The standard InChI is InChI=1S/C20H27FN2O5/c1-20(2,3)28-19(27)23(16(18(25)26)10-6-7-13-22)17(24)12-11-14-8-4-5-9-15(14)21/h4-5,8-9,11-12,16H,6-7,10,13,22H2,1-3H3,(H,25,26)/t16-/m0/s1. The molecule has 0 aliphatic heterocycles. The smallest absolute Gasteiger partial charge is 0.418 e. The van der Waals surface area contributed by atoms with Crippen molar-refractivity contribution >= 4 is 24.0 Å².